The van der Waals surface area contributed by atoms with Crippen molar-refractivity contribution in [3.05, 3.63) is 125 Å². The first-order chi connectivity index (χ1) is 37.3. The summed E-state index contributed by atoms with van der Waals surface area (Å²) in [5.74, 6) is 1.21. The van der Waals surface area contributed by atoms with E-state index < -0.39 is 23.8 Å². The largest absolute Gasteiger partial charge is 0.507 e. The molecule has 4 saturated heterocycles. The number of phenolic OH excluding ortho intramolecular Hbond substituents is 1. The zero-order chi connectivity index (χ0) is 53.1. The van der Waals surface area contributed by atoms with Crippen molar-refractivity contribution >= 4 is 40.8 Å². The van der Waals surface area contributed by atoms with Crippen LogP contribution >= 0.6 is 11.6 Å². The topological polar surface area (TPSA) is 208 Å². The number of oxime groups is 1. The van der Waals surface area contributed by atoms with Gasteiger partial charge in [-0.25, -0.2) is 14.4 Å². The van der Waals surface area contributed by atoms with Crippen LogP contribution in [0, 0.1) is 11.7 Å². The predicted molar refractivity (Wildman–Crippen MR) is 292 cm³/mol. The molecule has 77 heavy (non-hydrogen) atoms. The molecule has 5 fully saturated rings. The smallest absolute Gasteiger partial charge is 0.234 e. The summed E-state index contributed by atoms with van der Waals surface area (Å²) in [7, 11) is 0. The molecular formula is C58H66ClFN12O5. The molecule has 2 bridgehead atoms. The first-order valence-electron chi connectivity index (χ1n) is 27.3. The number of anilines is 3. The van der Waals surface area contributed by atoms with Crippen molar-refractivity contribution < 1.29 is 28.8 Å². The molecule has 3 aromatic carbocycles. The molecule has 6 aromatic rings. The number of fused-ring (bicyclic) bond motifs is 2. The summed E-state index contributed by atoms with van der Waals surface area (Å²) >= 11 is 7.20. The van der Waals surface area contributed by atoms with Crippen molar-refractivity contribution in [2.24, 2.45) is 11.1 Å². The number of hydrogen-bond donors (Lipinski definition) is 4. The minimum atomic E-state index is -1.05. The molecule has 1 amide bonds. The highest BCUT2D eigenvalue weighted by Gasteiger charge is 2.48. The van der Waals surface area contributed by atoms with Gasteiger partial charge in [-0.15, -0.1) is 10.2 Å². The number of piperazine rings is 1. The predicted octanol–water partition coefficient (Wildman–Crippen LogP) is 8.94. The van der Waals surface area contributed by atoms with Crippen molar-refractivity contribution in [2.75, 3.05) is 48.3 Å². The SMILES string of the molecule is CC(C)[C@@H](C(=O)N1C[C@H](O)C[C@H]1C1=NO[C@](C)(c2ccc(-c3ccccc3F)cc2)N1)c1onc([C@H]2CC[C@@H](N3CCC(c4cnc(N5C6CCC5CN(c5cc(-c7ccccc7O)nnc5N)C6)nc4)CC3)CC2)c1Cl. The number of carbonyl (C=O) groups excluding carboxylic acids is 1. The molecule has 2 unspecified atom stereocenters. The first-order valence-corrected chi connectivity index (χ1v) is 27.7. The Morgan fingerprint density at radius 1 is 0.857 bits per heavy atom. The van der Waals surface area contributed by atoms with Gasteiger partial charge in [0.05, 0.1) is 23.5 Å². The molecular weight excluding hydrogens is 999 g/mol. The van der Waals surface area contributed by atoms with Crippen molar-refractivity contribution in [1.29, 1.82) is 0 Å². The van der Waals surface area contributed by atoms with Crippen LogP contribution in [0.5, 0.6) is 5.75 Å². The Labute approximate surface area is 452 Å². The van der Waals surface area contributed by atoms with Crippen LogP contribution in [-0.4, -0.2) is 120 Å². The maximum Gasteiger partial charge on any atom is 0.234 e. The van der Waals surface area contributed by atoms with Crippen LogP contribution in [0.1, 0.15) is 119 Å². The second kappa shape index (κ2) is 20.8. The van der Waals surface area contributed by atoms with Crippen LogP contribution in [0.15, 0.2) is 101 Å². The lowest BCUT2D eigenvalue weighted by Crippen LogP contribution is -2.54. The number of rotatable bonds is 12. The number of aromatic hydroxyl groups is 1. The van der Waals surface area contributed by atoms with Gasteiger partial charge >= 0.3 is 0 Å². The fourth-order valence-electron chi connectivity index (χ4n) is 13.2. The highest BCUT2D eigenvalue weighted by Crippen LogP contribution is 2.45. The van der Waals surface area contributed by atoms with Crippen LogP contribution in [0.4, 0.5) is 21.8 Å². The van der Waals surface area contributed by atoms with Gasteiger partial charge in [-0.2, -0.15) is 0 Å². The molecule has 6 aliphatic rings. The number of halogens is 2. The van der Waals surface area contributed by atoms with Gasteiger partial charge in [0.1, 0.15) is 28.2 Å². The fraction of sp³-hybridized carbons (Fsp3) is 0.466. The molecule has 12 rings (SSSR count). The molecule has 5 N–H and O–H groups in total. The van der Waals surface area contributed by atoms with Crippen LogP contribution in [0.3, 0.4) is 0 Å². The van der Waals surface area contributed by atoms with E-state index in [1.165, 1.54) is 11.6 Å². The van der Waals surface area contributed by atoms with Gasteiger partial charge in [-0.3, -0.25) is 4.79 Å². The summed E-state index contributed by atoms with van der Waals surface area (Å²) in [4.78, 5) is 39.7. The minimum Gasteiger partial charge on any atom is -0.507 e. The number of likely N-dealkylation sites (tertiary alicyclic amines) is 2. The molecule has 19 heteroatoms. The highest BCUT2D eigenvalue weighted by molar-refractivity contribution is 6.32. The highest BCUT2D eigenvalue weighted by atomic mass is 35.5. The van der Waals surface area contributed by atoms with Crippen molar-refractivity contribution in [1.82, 2.24) is 40.4 Å². The Morgan fingerprint density at radius 2 is 1.53 bits per heavy atom. The Bertz CT molecular complexity index is 3130. The van der Waals surface area contributed by atoms with E-state index in [1.807, 2.05) is 63.2 Å². The molecule has 0 radical (unpaired) electrons. The average molecular weight is 1070 g/mol. The van der Waals surface area contributed by atoms with E-state index >= 15 is 0 Å². The first kappa shape index (κ1) is 50.9. The summed E-state index contributed by atoms with van der Waals surface area (Å²) in [5, 5.41) is 42.8. The molecule has 3 aromatic heterocycles. The maximum atomic E-state index is 14.7. The lowest BCUT2D eigenvalue weighted by Gasteiger charge is -2.42. The number of nitrogens with zero attached hydrogens (tertiary/aromatic N) is 10. The van der Waals surface area contributed by atoms with Crippen LogP contribution < -0.4 is 20.9 Å². The number of nitrogens with one attached hydrogen (secondary N) is 1. The summed E-state index contributed by atoms with van der Waals surface area (Å²) in [6, 6.07) is 23.5. The molecule has 5 aliphatic heterocycles. The van der Waals surface area contributed by atoms with E-state index in [0.29, 0.717) is 51.2 Å². The second-order valence-electron chi connectivity index (χ2n) is 22.5. The molecule has 17 nitrogen and oxygen atoms in total. The number of hydrogen-bond acceptors (Lipinski definition) is 16. The lowest BCUT2D eigenvalue weighted by molar-refractivity contribution is -0.134. The molecule has 1 aliphatic carbocycles. The van der Waals surface area contributed by atoms with Crippen LogP contribution in [0.25, 0.3) is 22.4 Å². The number of amidine groups is 1. The second-order valence-corrected chi connectivity index (χ2v) is 22.9. The van der Waals surface area contributed by atoms with Gasteiger partial charge in [-0.1, -0.05) is 90.4 Å². The van der Waals surface area contributed by atoms with E-state index in [-0.39, 0.29) is 54.4 Å². The number of aliphatic hydroxyl groups excluding tert-OH is 1. The quantitative estimate of drug-likeness (QED) is 0.0902. The normalized spacial score (nSPS) is 26.2. The van der Waals surface area contributed by atoms with E-state index in [0.717, 1.165) is 106 Å². The van der Waals surface area contributed by atoms with E-state index in [9.17, 15) is 19.4 Å². The molecule has 402 valence electrons. The number of aromatic nitrogens is 5. The molecule has 6 atom stereocenters. The Kier molecular flexibility index (Phi) is 13.8. The summed E-state index contributed by atoms with van der Waals surface area (Å²) in [6.45, 7) is 9.48. The number of carbonyl (C=O) groups is 1. The van der Waals surface area contributed by atoms with E-state index in [1.54, 1.807) is 35.2 Å². The third-order valence-electron chi connectivity index (χ3n) is 17.4. The summed E-state index contributed by atoms with van der Waals surface area (Å²) in [6.07, 6.45) is 11.7. The zero-order valence-corrected chi connectivity index (χ0v) is 44.4. The van der Waals surface area contributed by atoms with Crippen molar-refractivity contribution in [2.45, 2.75) is 132 Å². The van der Waals surface area contributed by atoms with Gasteiger partial charge in [0.2, 0.25) is 17.6 Å². The Balaban J connectivity index is 0.634. The van der Waals surface area contributed by atoms with Gasteiger partial charge in [0, 0.05) is 86.1 Å². The van der Waals surface area contributed by atoms with Gasteiger partial charge in [0.15, 0.2) is 17.4 Å². The number of phenols is 1. The fourth-order valence-corrected chi connectivity index (χ4v) is 13.5. The van der Waals surface area contributed by atoms with Gasteiger partial charge < -0.3 is 50.2 Å². The van der Waals surface area contributed by atoms with Gasteiger partial charge in [-0.05, 0) is 112 Å². The average Bonchev–Trinajstić information content (AvgIpc) is 4.26. The van der Waals surface area contributed by atoms with E-state index in [2.05, 4.69) is 52.9 Å². The third-order valence-corrected chi connectivity index (χ3v) is 17.8. The number of β-amino-alcohol motifs (C(OH)–C–C–N with tert-alkyl or cyclic N) is 1. The van der Waals surface area contributed by atoms with Crippen LogP contribution in [-0.2, 0) is 15.4 Å². The maximum absolute atomic E-state index is 14.7. The lowest BCUT2D eigenvalue weighted by atomic mass is 9.81. The summed E-state index contributed by atoms with van der Waals surface area (Å²) < 4.78 is 20.6. The van der Waals surface area contributed by atoms with Crippen LogP contribution in [0.2, 0.25) is 5.02 Å². The van der Waals surface area contributed by atoms with E-state index in [4.69, 9.17) is 36.7 Å². The third kappa shape index (κ3) is 9.70. The number of nitrogen functional groups attached to an aromatic ring is 1. The Morgan fingerprint density at radius 3 is 2.22 bits per heavy atom. The monoisotopic (exact) mass is 1060 g/mol. The molecule has 0 spiro atoms. The standard InChI is InChI=1S/C58H66ClFN12O5/c1-33(2)50(56(75)71-32-42(73)26-48(71)55-64-58(3,77-68-55)38-16-12-35(13-17-38)43-8-4-6-10-45(43)60)53-51(59)52(67-76-53)36-14-18-39(19-15-36)69-24-22-34(23-25-69)37-28-62-57(63-29-37)72-40-20-21-41(72)31-70(30-40)47-27-46(65-66-54(47)61)44-9-5-7-11-49(44)74/h4-13,16-17,27-29,33-34,36,39-42,48,50,73-74H,14-15,18-26,30-32H2,1-3H3,(H2,61,66)(H,64,68)/t36-,39+,40?,41?,42-,48+,50-,58-/m1/s1. The molecule has 1 saturated carbocycles. The van der Waals surface area contributed by atoms with Gasteiger partial charge in [0.25, 0.3) is 0 Å². The van der Waals surface area contributed by atoms with Crippen molar-refractivity contribution in [3.8, 4) is 28.1 Å². The number of piperidine rings is 1. The minimum absolute atomic E-state index is 0.119. The number of para-hydroxylation sites is 1. The number of aliphatic hydroxyl groups is 1. The summed E-state index contributed by atoms with van der Waals surface area (Å²) in [5.41, 5.74) is 11.3. The van der Waals surface area contributed by atoms with Crippen molar-refractivity contribution in [3.63, 3.8) is 0 Å². The Hall–Kier alpha value is -6.89. The zero-order valence-electron chi connectivity index (χ0n) is 43.7. The number of benzene rings is 3. The molecule has 8 heterocycles. The number of amides is 1. The number of nitrogens with two attached hydrogens (primary N) is 1.